The largest absolute Gasteiger partial charge is 0.480 e. The highest BCUT2D eigenvalue weighted by Gasteiger charge is 2.15. The normalized spacial score (nSPS) is 11.3. The molecule has 1 N–H and O–H groups in total. The lowest BCUT2D eigenvalue weighted by Crippen LogP contribution is -2.28. The fourth-order valence-electron chi connectivity index (χ4n) is 5.23. The van der Waals surface area contributed by atoms with Gasteiger partial charge >= 0.3 is 5.97 Å². The summed E-state index contributed by atoms with van der Waals surface area (Å²) in [4.78, 5) is 20.7. The molecule has 0 saturated heterocycles. The van der Waals surface area contributed by atoms with E-state index in [2.05, 4.69) is 104 Å². The van der Waals surface area contributed by atoms with E-state index in [0.29, 0.717) is 19.0 Å². The molecule has 1 aromatic heterocycles. The third-order valence-electron chi connectivity index (χ3n) is 7.27. The monoisotopic (exact) mass is 555 g/mol. The van der Waals surface area contributed by atoms with Crippen LogP contribution in [0.2, 0.25) is 0 Å². The van der Waals surface area contributed by atoms with E-state index < -0.39 is 5.97 Å². The number of carboxylic acid groups (broad SMARTS) is 1. The van der Waals surface area contributed by atoms with Gasteiger partial charge in [0.1, 0.15) is 5.01 Å². The summed E-state index contributed by atoms with van der Waals surface area (Å²) in [6, 6.07) is 27.7. The van der Waals surface area contributed by atoms with Crippen LogP contribution >= 0.6 is 11.3 Å². The lowest BCUT2D eigenvalue weighted by molar-refractivity contribution is -0.138. The zero-order valence-corrected chi connectivity index (χ0v) is 24.7. The van der Waals surface area contributed by atoms with E-state index in [-0.39, 0.29) is 6.54 Å². The van der Waals surface area contributed by atoms with E-state index in [0.717, 1.165) is 34.1 Å². The number of rotatable bonds is 15. The Bertz CT molecular complexity index is 1310. The summed E-state index contributed by atoms with van der Waals surface area (Å²) in [5.41, 5.74) is 6.93. The quantitative estimate of drug-likeness (QED) is 0.160. The first-order valence-corrected chi connectivity index (χ1v) is 15.2. The number of carboxylic acids is 1. The van der Waals surface area contributed by atoms with Crippen LogP contribution < -0.4 is 4.90 Å². The summed E-state index contributed by atoms with van der Waals surface area (Å²) in [6.07, 6.45) is 4.78. The Balaban J connectivity index is 1.39. The number of benzene rings is 3. The van der Waals surface area contributed by atoms with Crippen LogP contribution in [0.4, 0.5) is 5.69 Å². The maximum atomic E-state index is 11.6. The van der Waals surface area contributed by atoms with E-state index in [4.69, 9.17) is 4.98 Å². The predicted octanol–water partition coefficient (Wildman–Crippen LogP) is 8.22. The summed E-state index contributed by atoms with van der Waals surface area (Å²) in [5, 5.41) is 12.5. The zero-order chi connectivity index (χ0) is 28.3. The lowest BCUT2D eigenvalue weighted by Gasteiger charge is -2.20. The average Bonchev–Trinajstić information content (AvgIpc) is 3.42. The van der Waals surface area contributed by atoms with Crippen molar-refractivity contribution in [3.63, 3.8) is 0 Å². The maximum Gasteiger partial charge on any atom is 0.317 e. The van der Waals surface area contributed by atoms with Crippen LogP contribution in [0, 0.1) is 0 Å². The van der Waals surface area contributed by atoms with E-state index in [1.165, 1.54) is 36.8 Å². The fourth-order valence-corrected chi connectivity index (χ4v) is 6.07. The molecule has 1 heterocycles. The molecule has 0 aliphatic carbocycles. The minimum Gasteiger partial charge on any atom is -0.480 e. The SMILES string of the molecule is CCCC(CCC)c1ccc(CN(CC(=O)O)Cc2nc(-c3ccc(N(C)Cc4ccccc4)cc3)cs2)cc1. The predicted molar refractivity (Wildman–Crippen MR) is 167 cm³/mol. The molecule has 0 amide bonds. The molecule has 0 aliphatic rings. The number of aromatic nitrogens is 1. The van der Waals surface area contributed by atoms with Crippen molar-refractivity contribution in [2.45, 2.75) is 65.1 Å². The Kier molecular flexibility index (Phi) is 10.9. The van der Waals surface area contributed by atoms with Crippen molar-refractivity contribution in [2.75, 3.05) is 18.5 Å². The first-order valence-electron chi connectivity index (χ1n) is 14.3. The third kappa shape index (κ3) is 8.51. The number of carbonyl (C=O) groups is 1. The minimum atomic E-state index is -0.824. The van der Waals surface area contributed by atoms with Crippen LogP contribution in [0.1, 0.15) is 67.1 Å². The smallest absolute Gasteiger partial charge is 0.317 e. The number of thiazole rings is 1. The van der Waals surface area contributed by atoms with Crippen LogP contribution in [0.25, 0.3) is 11.3 Å². The Labute approximate surface area is 243 Å². The molecule has 210 valence electrons. The molecule has 3 aromatic carbocycles. The Hall–Kier alpha value is -3.48. The van der Waals surface area contributed by atoms with Gasteiger partial charge in [-0.2, -0.15) is 0 Å². The van der Waals surface area contributed by atoms with Crippen LogP contribution in [0.15, 0.2) is 84.2 Å². The molecule has 40 heavy (non-hydrogen) atoms. The molecule has 6 heteroatoms. The van der Waals surface area contributed by atoms with Gasteiger partial charge in [0.25, 0.3) is 0 Å². The summed E-state index contributed by atoms with van der Waals surface area (Å²) < 4.78 is 0. The zero-order valence-electron chi connectivity index (χ0n) is 23.9. The molecular weight excluding hydrogens is 514 g/mol. The number of nitrogens with zero attached hydrogens (tertiary/aromatic N) is 3. The van der Waals surface area contributed by atoms with Gasteiger partial charge in [0.15, 0.2) is 0 Å². The highest BCUT2D eigenvalue weighted by Crippen LogP contribution is 2.28. The van der Waals surface area contributed by atoms with Gasteiger partial charge in [0, 0.05) is 36.8 Å². The maximum absolute atomic E-state index is 11.6. The second-order valence-corrected chi connectivity index (χ2v) is 11.5. The highest BCUT2D eigenvalue weighted by molar-refractivity contribution is 7.09. The molecule has 0 unspecified atom stereocenters. The van der Waals surface area contributed by atoms with Gasteiger partial charge < -0.3 is 10.0 Å². The van der Waals surface area contributed by atoms with Crippen molar-refractivity contribution in [1.29, 1.82) is 0 Å². The van der Waals surface area contributed by atoms with E-state index in [9.17, 15) is 9.90 Å². The van der Waals surface area contributed by atoms with Gasteiger partial charge in [0.05, 0.1) is 18.8 Å². The molecule has 0 bridgehead atoms. The second-order valence-electron chi connectivity index (χ2n) is 10.6. The molecule has 0 radical (unpaired) electrons. The van der Waals surface area contributed by atoms with Gasteiger partial charge in [-0.15, -0.1) is 11.3 Å². The molecule has 0 spiro atoms. The standard InChI is InChI=1S/C34H41N3O2S/c1-4-9-28(10-5-2)29-15-13-27(14-16-29)22-37(24-34(38)39)23-33-35-32(25-40-33)30-17-19-31(20-18-30)36(3)21-26-11-7-6-8-12-26/h6-8,11-20,25,28H,4-5,9-10,21-24H2,1-3H3,(H,38,39). The third-order valence-corrected chi connectivity index (χ3v) is 8.10. The summed E-state index contributed by atoms with van der Waals surface area (Å²) in [7, 11) is 2.10. The molecule has 0 aliphatic heterocycles. The molecule has 5 nitrogen and oxygen atoms in total. The Morgan fingerprint density at radius 3 is 2.12 bits per heavy atom. The first kappa shape index (κ1) is 29.5. The van der Waals surface area contributed by atoms with Crippen LogP contribution in [0.3, 0.4) is 0 Å². The van der Waals surface area contributed by atoms with Crippen LogP contribution in [0.5, 0.6) is 0 Å². The minimum absolute atomic E-state index is 0.0204. The highest BCUT2D eigenvalue weighted by atomic mass is 32.1. The fraction of sp³-hybridized carbons (Fsp3) is 0.353. The topological polar surface area (TPSA) is 56.7 Å². The summed E-state index contributed by atoms with van der Waals surface area (Å²) >= 11 is 1.58. The summed E-state index contributed by atoms with van der Waals surface area (Å²) in [5.74, 6) is -0.221. The average molecular weight is 556 g/mol. The van der Waals surface area contributed by atoms with Gasteiger partial charge in [-0.3, -0.25) is 9.69 Å². The van der Waals surface area contributed by atoms with Crippen molar-refractivity contribution >= 4 is 23.0 Å². The van der Waals surface area contributed by atoms with Crippen molar-refractivity contribution in [3.05, 3.63) is 106 Å². The van der Waals surface area contributed by atoms with Gasteiger partial charge in [-0.25, -0.2) is 4.98 Å². The number of aliphatic carboxylic acids is 1. The van der Waals surface area contributed by atoms with Gasteiger partial charge in [0.2, 0.25) is 0 Å². The van der Waals surface area contributed by atoms with E-state index in [1.54, 1.807) is 11.3 Å². The Morgan fingerprint density at radius 1 is 0.850 bits per heavy atom. The Morgan fingerprint density at radius 2 is 1.50 bits per heavy atom. The van der Waals surface area contributed by atoms with E-state index in [1.807, 2.05) is 11.0 Å². The molecule has 0 saturated carbocycles. The van der Waals surface area contributed by atoms with Crippen LogP contribution in [-0.4, -0.2) is 34.6 Å². The van der Waals surface area contributed by atoms with Gasteiger partial charge in [-0.05, 0) is 47.6 Å². The van der Waals surface area contributed by atoms with Crippen molar-refractivity contribution in [1.82, 2.24) is 9.88 Å². The molecule has 0 fully saturated rings. The number of hydrogen-bond acceptors (Lipinski definition) is 5. The van der Waals surface area contributed by atoms with Crippen LogP contribution in [-0.2, 0) is 24.4 Å². The molecule has 4 rings (SSSR count). The molecular formula is C34H41N3O2S. The molecule has 4 aromatic rings. The lowest BCUT2D eigenvalue weighted by atomic mass is 9.90. The van der Waals surface area contributed by atoms with Gasteiger partial charge in [-0.1, -0.05) is 93.4 Å². The van der Waals surface area contributed by atoms with Crippen molar-refractivity contribution < 1.29 is 9.90 Å². The second kappa shape index (κ2) is 14.8. The van der Waals surface area contributed by atoms with Crippen molar-refractivity contribution in [3.8, 4) is 11.3 Å². The number of anilines is 1. The summed E-state index contributed by atoms with van der Waals surface area (Å²) in [6.45, 7) is 6.40. The molecule has 0 atom stereocenters. The first-order chi connectivity index (χ1) is 19.4. The van der Waals surface area contributed by atoms with Crippen molar-refractivity contribution in [2.24, 2.45) is 0 Å². The van der Waals surface area contributed by atoms with E-state index >= 15 is 0 Å². The number of hydrogen-bond donors (Lipinski definition) is 1.